The Bertz CT molecular complexity index is 85.8. The summed E-state index contributed by atoms with van der Waals surface area (Å²) in [7, 11) is 3.82. The van der Waals surface area contributed by atoms with E-state index in [4.69, 9.17) is 0 Å². The second-order valence-corrected chi connectivity index (χ2v) is 15.0. The number of hydrogen-bond acceptors (Lipinski definition) is 0. The minimum atomic E-state index is -0.110. The molecule has 0 aromatic heterocycles. The molecule has 0 amide bonds. The van der Waals surface area contributed by atoms with Crippen molar-refractivity contribution in [1.29, 1.82) is 0 Å². The first-order valence-corrected chi connectivity index (χ1v) is 11.5. The van der Waals surface area contributed by atoms with E-state index in [1.54, 1.807) is 12.1 Å². The Morgan fingerprint density at radius 1 is 1.00 bits per heavy atom. The van der Waals surface area contributed by atoms with Crippen LogP contribution in [0.4, 0.5) is 0 Å². The molecule has 0 rings (SSSR count). The van der Waals surface area contributed by atoms with Gasteiger partial charge in [-0.25, -0.2) is 0 Å². The van der Waals surface area contributed by atoms with E-state index in [-0.39, 0.29) is 16.1 Å². The predicted molar refractivity (Wildman–Crippen MR) is 62.6 cm³/mol. The Hall–Kier alpha value is 0.651. The number of hydrogen-bond donors (Lipinski definition) is 0. The van der Waals surface area contributed by atoms with Gasteiger partial charge in [0.05, 0.1) is 0 Å². The molecule has 0 aliphatic rings. The Kier molecular flexibility index (Phi) is 8.71. The molecule has 0 spiro atoms. The molecule has 3 heteroatoms. The molecule has 0 atom stereocenters. The van der Waals surface area contributed by atoms with Gasteiger partial charge in [-0.2, -0.15) is 0 Å². The molecule has 0 aliphatic heterocycles. The minimum Gasteiger partial charge on any atom is -0.0759 e. The summed E-state index contributed by atoms with van der Waals surface area (Å²) >= 11 is 0. The second-order valence-electron chi connectivity index (χ2n) is 3.44. The average Bonchev–Trinajstić information content (AvgIpc) is 2.04. The van der Waals surface area contributed by atoms with Crippen LogP contribution in [0.5, 0.6) is 0 Å². The molecule has 12 heavy (non-hydrogen) atoms. The summed E-state index contributed by atoms with van der Waals surface area (Å²) in [5, 5.41) is 0. The van der Waals surface area contributed by atoms with Crippen LogP contribution < -0.4 is 0 Å². The van der Waals surface area contributed by atoms with Gasteiger partial charge in [0.25, 0.3) is 0 Å². The van der Waals surface area contributed by atoms with E-state index in [2.05, 4.69) is 30.2 Å². The van der Waals surface area contributed by atoms with Crippen LogP contribution in [0, 0.1) is 0 Å². The van der Waals surface area contributed by atoms with Crippen molar-refractivity contribution in [3.63, 3.8) is 0 Å². The first kappa shape index (κ1) is 12.7. The highest BCUT2D eigenvalue weighted by Crippen LogP contribution is 2.11. The van der Waals surface area contributed by atoms with Crippen LogP contribution in [-0.4, -0.2) is 25.9 Å². The van der Waals surface area contributed by atoms with Crippen LogP contribution in [0.15, 0.2) is 0 Å². The maximum Gasteiger partial charge on any atom is 0.0337 e. The van der Waals surface area contributed by atoms with E-state index in [9.17, 15) is 0 Å². The topological polar surface area (TPSA) is 0 Å². The summed E-state index contributed by atoms with van der Waals surface area (Å²) in [5.41, 5.74) is 0. The van der Waals surface area contributed by atoms with E-state index < -0.39 is 0 Å². The third-order valence-electron chi connectivity index (χ3n) is 2.19. The summed E-state index contributed by atoms with van der Waals surface area (Å²) < 4.78 is 0. The van der Waals surface area contributed by atoms with Crippen LogP contribution in [0.2, 0.25) is 18.6 Å². The van der Waals surface area contributed by atoms with Crippen LogP contribution in [0.25, 0.3) is 0 Å². The molecule has 0 aromatic rings. The van der Waals surface area contributed by atoms with Crippen molar-refractivity contribution < 1.29 is 0 Å². The molecule has 0 heterocycles. The number of unbranched alkanes of at least 4 members (excludes halogenated alkanes) is 2. The van der Waals surface area contributed by atoms with E-state index in [0.29, 0.717) is 0 Å². The lowest BCUT2D eigenvalue weighted by atomic mass is 10.4. The Labute approximate surface area is 84.4 Å². The summed E-state index contributed by atoms with van der Waals surface area (Å²) in [5.74, 6) is 0. The smallest absolute Gasteiger partial charge is 0.0337 e. The third kappa shape index (κ3) is 6.20. The fraction of sp³-hybridized carbons (Fsp3) is 1.00. The van der Waals surface area contributed by atoms with E-state index in [1.807, 2.05) is 0 Å². The molecule has 0 fully saturated rings. The highest BCUT2D eigenvalue weighted by molar-refractivity contribution is 7.40. The lowest BCUT2D eigenvalue weighted by molar-refractivity contribution is 0.848. The van der Waals surface area contributed by atoms with Crippen molar-refractivity contribution in [3.8, 4) is 0 Å². The zero-order chi connectivity index (χ0) is 9.40. The molecule has 0 aliphatic carbocycles. The van der Waals surface area contributed by atoms with Gasteiger partial charge in [0.2, 0.25) is 0 Å². The van der Waals surface area contributed by atoms with Crippen LogP contribution in [0.1, 0.15) is 39.5 Å². The third-order valence-corrected chi connectivity index (χ3v) is 13.0. The quantitative estimate of drug-likeness (QED) is 0.571. The van der Waals surface area contributed by atoms with Crippen molar-refractivity contribution in [2.45, 2.75) is 58.2 Å². The molecule has 0 nitrogen and oxygen atoms in total. The zero-order valence-electron chi connectivity index (χ0n) is 8.74. The monoisotopic (exact) mass is 213 g/mol. The van der Waals surface area contributed by atoms with Crippen LogP contribution in [0.3, 0.4) is 0 Å². The lowest BCUT2D eigenvalue weighted by Crippen LogP contribution is -2.32. The molecular weight excluding hydrogens is 192 g/mol. The van der Waals surface area contributed by atoms with Crippen molar-refractivity contribution in [2.24, 2.45) is 0 Å². The molecule has 0 unspecified atom stereocenters. The molecule has 0 saturated carbocycles. The Morgan fingerprint density at radius 3 is 1.67 bits per heavy atom. The van der Waals surface area contributed by atoms with Gasteiger partial charge in [-0.05, 0) is 0 Å². The van der Waals surface area contributed by atoms with Gasteiger partial charge in [-0.3, -0.25) is 0 Å². The molecule has 0 aromatic carbocycles. The van der Waals surface area contributed by atoms with Crippen LogP contribution >= 0.6 is 0 Å². The number of rotatable bonds is 7. The fourth-order valence-corrected chi connectivity index (χ4v) is 9.40. The standard InChI is InChI=1S/C9H21Si3/c1-4-6-8-12(11(3)10)9-7-5-2/h4-9H2,1-3H3. The molecule has 0 bridgehead atoms. The average molecular weight is 214 g/mol. The van der Waals surface area contributed by atoms with Crippen molar-refractivity contribution in [1.82, 2.24) is 0 Å². The van der Waals surface area contributed by atoms with Gasteiger partial charge in [0.1, 0.15) is 0 Å². The predicted octanol–water partition coefficient (Wildman–Crippen LogP) is 2.95. The Balaban J connectivity index is 3.55. The zero-order valence-corrected chi connectivity index (χ0v) is 11.7. The first-order valence-electron chi connectivity index (χ1n) is 5.12. The summed E-state index contributed by atoms with van der Waals surface area (Å²) in [6, 6.07) is 3.10. The molecular formula is C9H21Si3. The molecule has 0 saturated heterocycles. The van der Waals surface area contributed by atoms with Crippen molar-refractivity contribution >= 4 is 25.9 Å². The van der Waals surface area contributed by atoms with Gasteiger partial charge < -0.3 is 0 Å². The van der Waals surface area contributed by atoms with Crippen LogP contribution in [-0.2, 0) is 0 Å². The van der Waals surface area contributed by atoms with Gasteiger partial charge in [0, 0.05) is 25.9 Å². The second kappa shape index (κ2) is 8.26. The highest BCUT2D eigenvalue weighted by atomic mass is 29.6. The SMILES string of the molecule is CCCC[Si](CCCC)[Si](C)[Si]. The van der Waals surface area contributed by atoms with Gasteiger partial charge >= 0.3 is 0 Å². The van der Waals surface area contributed by atoms with Gasteiger partial charge in [-0.1, -0.05) is 58.2 Å². The Morgan fingerprint density at radius 2 is 1.42 bits per heavy atom. The highest BCUT2D eigenvalue weighted by Gasteiger charge is 2.14. The summed E-state index contributed by atoms with van der Waals surface area (Å²) in [6.45, 7) is 7.03. The van der Waals surface area contributed by atoms with E-state index in [1.165, 1.54) is 25.7 Å². The summed E-state index contributed by atoms with van der Waals surface area (Å²) in [6.07, 6.45) is 5.68. The summed E-state index contributed by atoms with van der Waals surface area (Å²) in [4.78, 5) is 0. The normalized spacial score (nSPS) is 11.5. The molecule has 69 valence electrons. The van der Waals surface area contributed by atoms with Crippen molar-refractivity contribution in [2.75, 3.05) is 0 Å². The molecule has 5 radical (unpaired) electrons. The van der Waals surface area contributed by atoms with Gasteiger partial charge in [0.15, 0.2) is 0 Å². The first-order chi connectivity index (χ1) is 5.72. The van der Waals surface area contributed by atoms with Gasteiger partial charge in [-0.15, -0.1) is 0 Å². The van der Waals surface area contributed by atoms with E-state index in [0.717, 1.165) is 0 Å². The molecule has 0 N–H and O–H groups in total. The van der Waals surface area contributed by atoms with E-state index >= 15 is 0 Å². The minimum absolute atomic E-state index is 0.0285. The maximum absolute atomic E-state index is 3.90. The largest absolute Gasteiger partial charge is 0.0759 e. The maximum atomic E-state index is 3.90. The van der Waals surface area contributed by atoms with Crippen molar-refractivity contribution in [3.05, 3.63) is 0 Å². The fourth-order valence-electron chi connectivity index (χ4n) is 1.28. The lowest BCUT2D eigenvalue weighted by Gasteiger charge is -2.16.